The van der Waals surface area contributed by atoms with Crippen molar-refractivity contribution in [2.24, 2.45) is 5.92 Å². The number of benzene rings is 2. The summed E-state index contributed by atoms with van der Waals surface area (Å²) in [4.78, 5) is 29.5. The molecule has 2 heterocycles. The summed E-state index contributed by atoms with van der Waals surface area (Å²) in [6.45, 7) is 1.91. The molecule has 0 spiro atoms. The Kier molecular flexibility index (Phi) is 4.71. The molecule has 0 bridgehead atoms. The van der Waals surface area contributed by atoms with E-state index in [9.17, 15) is 9.59 Å². The van der Waals surface area contributed by atoms with Crippen LogP contribution in [0.1, 0.15) is 28.8 Å². The van der Waals surface area contributed by atoms with Crippen LogP contribution in [0.25, 0.3) is 16.9 Å². The molecule has 7 heteroatoms. The highest BCUT2D eigenvalue weighted by Gasteiger charge is 2.29. The molecule has 0 saturated heterocycles. The van der Waals surface area contributed by atoms with Crippen LogP contribution >= 0.6 is 0 Å². The summed E-state index contributed by atoms with van der Waals surface area (Å²) in [5, 5.41) is 10.3. The first kappa shape index (κ1) is 19.0. The van der Waals surface area contributed by atoms with Crippen LogP contribution in [0.2, 0.25) is 0 Å². The quantitative estimate of drug-likeness (QED) is 0.512. The first-order valence-electron chi connectivity index (χ1n) is 10.2. The largest absolute Gasteiger partial charge is 0.326 e. The van der Waals surface area contributed by atoms with Crippen LogP contribution in [0.15, 0.2) is 67.0 Å². The normalized spacial score (nSPS) is 13.2. The molecule has 2 amide bonds. The zero-order valence-corrected chi connectivity index (χ0v) is 17.0. The molecule has 5 rings (SSSR count). The summed E-state index contributed by atoms with van der Waals surface area (Å²) < 4.78 is 1.67. The van der Waals surface area contributed by atoms with Gasteiger partial charge in [0.15, 0.2) is 5.65 Å². The number of amides is 2. The van der Waals surface area contributed by atoms with E-state index >= 15 is 0 Å². The summed E-state index contributed by atoms with van der Waals surface area (Å²) in [5.74, 6) is -0.161. The molecule has 2 aromatic carbocycles. The lowest BCUT2D eigenvalue weighted by Gasteiger charge is -2.11. The zero-order valence-electron chi connectivity index (χ0n) is 17.0. The predicted molar refractivity (Wildman–Crippen MR) is 119 cm³/mol. The van der Waals surface area contributed by atoms with E-state index in [-0.39, 0.29) is 17.7 Å². The van der Waals surface area contributed by atoms with Gasteiger partial charge in [-0.25, -0.2) is 9.50 Å². The van der Waals surface area contributed by atoms with Crippen molar-refractivity contribution in [1.29, 1.82) is 0 Å². The van der Waals surface area contributed by atoms with E-state index in [0.717, 1.165) is 29.7 Å². The summed E-state index contributed by atoms with van der Waals surface area (Å²) in [6, 6.07) is 17.2. The first-order valence-corrected chi connectivity index (χ1v) is 10.2. The Morgan fingerprint density at radius 2 is 1.84 bits per heavy atom. The van der Waals surface area contributed by atoms with Gasteiger partial charge in [0, 0.05) is 29.1 Å². The number of fused-ring (bicyclic) bond motifs is 1. The minimum atomic E-state index is -0.304. The molecule has 2 aromatic heterocycles. The van der Waals surface area contributed by atoms with Crippen molar-refractivity contribution in [3.05, 3.63) is 78.1 Å². The predicted octanol–water partition coefficient (Wildman–Crippen LogP) is 4.31. The summed E-state index contributed by atoms with van der Waals surface area (Å²) >= 11 is 0. The van der Waals surface area contributed by atoms with Gasteiger partial charge < -0.3 is 10.6 Å². The second-order valence-electron chi connectivity index (χ2n) is 7.74. The third-order valence-electron chi connectivity index (χ3n) is 5.42. The minimum absolute atomic E-state index is 0.0291. The van der Waals surface area contributed by atoms with Crippen LogP contribution in [-0.4, -0.2) is 26.4 Å². The molecule has 7 nitrogen and oxygen atoms in total. The van der Waals surface area contributed by atoms with Gasteiger partial charge in [-0.05, 0) is 43.5 Å². The Balaban J connectivity index is 1.43. The van der Waals surface area contributed by atoms with Crippen molar-refractivity contribution >= 4 is 28.8 Å². The van der Waals surface area contributed by atoms with Crippen LogP contribution < -0.4 is 10.6 Å². The van der Waals surface area contributed by atoms with E-state index in [1.165, 1.54) is 6.20 Å². The number of hydrogen-bond acceptors (Lipinski definition) is 4. The number of carbonyl (C=O) groups excluding carboxylic acids is 2. The molecule has 4 aromatic rings. The number of hydrogen-bond donors (Lipinski definition) is 2. The Bertz CT molecular complexity index is 1290. The molecule has 0 aliphatic heterocycles. The number of anilines is 2. The molecule has 31 heavy (non-hydrogen) atoms. The molecule has 1 fully saturated rings. The van der Waals surface area contributed by atoms with Gasteiger partial charge in [0.1, 0.15) is 5.56 Å². The topological polar surface area (TPSA) is 88.4 Å². The fraction of sp³-hybridized carbons (Fsp3) is 0.167. The number of aryl methyl sites for hydroxylation is 1. The van der Waals surface area contributed by atoms with E-state index in [0.29, 0.717) is 22.6 Å². The molecular formula is C24H21N5O2. The van der Waals surface area contributed by atoms with Crippen molar-refractivity contribution in [2.45, 2.75) is 19.8 Å². The SMILES string of the molecule is Cc1ccc(NC(=O)C2CC2)cc1NC(=O)c1cnn2c(-c3ccccc3)ccnc12. The van der Waals surface area contributed by atoms with Crippen LogP contribution in [0.5, 0.6) is 0 Å². The molecule has 0 radical (unpaired) electrons. The molecule has 1 aliphatic carbocycles. The average molecular weight is 411 g/mol. The van der Waals surface area contributed by atoms with E-state index in [1.807, 2.05) is 55.5 Å². The molecule has 1 saturated carbocycles. The van der Waals surface area contributed by atoms with Crippen molar-refractivity contribution in [1.82, 2.24) is 14.6 Å². The maximum absolute atomic E-state index is 13.0. The third-order valence-corrected chi connectivity index (χ3v) is 5.42. The number of carbonyl (C=O) groups is 2. The molecule has 0 unspecified atom stereocenters. The maximum atomic E-state index is 13.0. The van der Waals surface area contributed by atoms with Gasteiger partial charge >= 0.3 is 0 Å². The lowest BCUT2D eigenvalue weighted by molar-refractivity contribution is -0.117. The fourth-order valence-corrected chi connectivity index (χ4v) is 3.49. The number of nitrogens with zero attached hydrogens (tertiary/aromatic N) is 3. The van der Waals surface area contributed by atoms with Gasteiger partial charge in [0.25, 0.3) is 5.91 Å². The average Bonchev–Trinajstić information content (AvgIpc) is 3.55. The van der Waals surface area contributed by atoms with Gasteiger partial charge in [0.05, 0.1) is 11.9 Å². The zero-order chi connectivity index (χ0) is 21.4. The standard InChI is InChI=1S/C24H21N5O2/c1-15-7-10-18(27-23(30)17-8-9-17)13-20(15)28-24(31)19-14-26-29-21(11-12-25-22(19)29)16-5-3-2-4-6-16/h2-7,10-14,17H,8-9H2,1H3,(H,27,30)(H,28,31). The first-order chi connectivity index (χ1) is 15.1. The van der Waals surface area contributed by atoms with Crippen LogP contribution in [0.4, 0.5) is 11.4 Å². The van der Waals surface area contributed by atoms with E-state index in [1.54, 1.807) is 16.8 Å². The summed E-state index contributed by atoms with van der Waals surface area (Å²) in [6.07, 6.45) is 5.08. The number of aromatic nitrogens is 3. The Morgan fingerprint density at radius 1 is 1.03 bits per heavy atom. The highest BCUT2D eigenvalue weighted by molar-refractivity contribution is 6.09. The molecule has 154 valence electrons. The van der Waals surface area contributed by atoms with Crippen molar-refractivity contribution in [3.8, 4) is 11.3 Å². The van der Waals surface area contributed by atoms with Crippen molar-refractivity contribution in [3.63, 3.8) is 0 Å². The minimum Gasteiger partial charge on any atom is -0.326 e. The summed E-state index contributed by atoms with van der Waals surface area (Å²) in [5.41, 5.74) is 4.90. The lowest BCUT2D eigenvalue weighted by atomic mass is 10.1. The highest BCUT2D eigenvalue weighted by Crippen LogP contribution is 2.31. The number of rotatable bonds is 5. The van der Waals surface area contributed by atoms with E-state index < -0.39 is 0 Å². The van der Waals surface area contributed by atoms with Crippen LogP contribution in [-0.2, 0) is 4.79 Å². The smallest absolute Gasteiger partial charge is 0.261 e. The molecular weight excluding hydrogens is 390 g/mol. The van der Waals surface area contributed by atoms with Gasteiger partial charge in [-0.15, -0.1) is 0 Å². The van der Waals surface area contributed by atoms with Gasteiger partial charge in [-0.3, -0.25) is 9.59 Å². The van der Waals surface area contributed by atoms with Crippen molar-refractivity contribution < 1.29 is 9.59 Å². The molecule has 0 atom stereocenters. The van der Waals surface area contributed by atoms with Gasteiger partial charge in [-0.2, -0.15) is 5.10 Å². The highest BCUT2D eigenvalue weighted by atomic mass is 16.2. The van der Waals surface area contributed by atoms with Crippen molar-refractivity contribution in [2.75, 3.05) is 10.6 Å². The molecule has 1 aliphatic rings. The summed E-state index contributed by atoms with van der Waals surface area (Å²) in [7, 11) is 0. The maximum Gasteiger partial charge on any atom is 0.261 e. The van der Waals surface area contributed by atoms with Crippen LogP contribution in [0, 0.1) is 12.8 Å². The van der Waals surface area contributed by atoms with Gasteiger partial charge in [0.2, 0.25) is 5.91 Å². The Morgan fingerprint density at radius 3 is 2.61 bits per heavy atom. The third kappa shape index (κ3) is 3.77. The van der Waals surface area contributed by atoms with Gasteiger partial charge in [-0.1, -0.05) is 36.4 Å². The fourth-order valence-electron chi connectivity index (χ4n) is 3.49. The second kappa shape index (κ2) is 7.68. The van der Waals surface area contributed by atoms with E-state index in [4.69, 9.17) is 0 Å². The van der Waals surface area contributed by atoms with Crippen LogP contribution in [0.3, 0.4) is 0 Å². The lowest BCUT2D eigenvalue weighted by Crippen LogP contribution is -2.15. The Labute approximate surface area is 179 Å². The second-order valence-corrected chi connectivity index (χ2v) is 7.74. The Hall–Kier alpha value is -4.00. The monoisotopic (exact) mass is 411 g/mol. The number of nitrogens with one attached hydrogen (secondary N) is 2. The van der Waals surface area contributed by atoms with E-state index in [2.05, 4.69) is 20.7 Å². The molecule has 2 N–H and O–H groups in total.